The minimum atomic E-state index is -0.234. The number of fused-ring (bicyclic) bond motifs is 1. The molecule has 3 aromatic rings. The number of pyridine rings is 1. The molecule has 0 radical (unpaired) electrons. The van der Waals surface area contributed by atoms with Crippen molar-refractivity contribution in [2.75, 3.05) is 18.0 Å². The van der Waals surface area contributed by atoms with E-state index < -0.39 is 0 Å². The van der Waals surface area contributed by atoms with Crippen molar-refractivity contribution in [1.29, 1.82) is 0 Å². The third kappa shape index (κ3) is 3.11. The van der Waals surface area contributed by atoms with Gasteiger partial charge in [-0.2, -0.15) is 0 Å². The molecule has 1 saturated heterocycles. The van der Waals surface area contributed by atoms with Crippen molar-refractivity contribution in [2.24, 2.45) is 0 Å². The van der Waals surface area contributed by atoms with Crippen LogP contribution in [0.2, 0.25) is 5.02 Å². The number of rotatable bonds is 3. The number of nitrogens with zero attached hydrogens (tertiary/aromatic N) is 4. The number of halogens is 2. The van der Waals surface area contributed by atoms with Crippen molar-refractivity contribution in [1.82, 2.24) is 15.1 Å². The maximum absolute atomic E-state index is 9.92. The summed E-state index contributed by atoms with van der Waals surface area (Å²) in [6.07, 6.45) is 1.80. The Morgan fingerprint density at radius 2 is 2.12 bits per heavy atom. The molecule has 4 heterocycles. The van der Waals surface area contributed by atoms with Gasteiger partial charge in [0.2, 0.25) is 5.58 Å². The number of thiazole rings is 1. The molecule has 2 atom stereocenters. The smallest absolute Gasteiger partial charge is 0.206 e. The number of aromatic nitrogens is 3. The van der Waals surface area contributed by atoms with Crippen LogP contribution in [-0.4, -0.2) is 45.5 Å². The molecule has 138 valence electrons. The maximum Gasteiger partial charge on any atom is 0.206 e. The highest BCUT2D eigenvalue weighted by molar-refractivity contribution is 9.11. The van der Waals surface area contributed by atoms with Gasteiger partial charge >= 0.3 is 0 Å². The van der Waals surface area contributed by atoms with Crippen LogP contribution in [0.25, 0.3) is 21.7 Å². The number of ether oxygens (including phenoxy) is 1. The summed E-state index contributed by atoms with van der Waals surface area (Å²) in [5, 5.41) is 14.5. The lowest BCUT2D eigenvalue weighted by atomic mass is 10.1. The van der Waals surface area contributed by atoms with Gasteiger partial charge < -0.3 is 19.3 Å². The number of hydrogen-bond donors (Lipinski definition) is 1. The number of aliphatic hydroxyl groups excluding tert-OH is 1. The summed E-state index contributed by atoms with van der Waals surface area (Å²) < 4.78 is 12.0. The summed E-state index contributed by atoms with van der Waals surface area (Å²) in [5.74, 6) is 0. The second kappa shape index (κ2) is 7.05. The summed E-state index contributed by atoms with van der Waals surface area (Å²) in [6, 6.07) is 0. The van der Waals surface area contributed by atoms with E-state index in [2.05, 4.69) is 36.0 Å². The van der Waals surface area contributed by atoms with Gasteiger partial charge in [0.05, 0.1) is 35.1 Å². The first-order chi connectivity index (χ1) is 12.5. The average Bonchev–Trinajstić information content (AvgIpc) is 3.19. The lowest BCUT2D eigenvalue weighted by Gasteiger charge is -2.37. The third-order valence-corrected chi connectivity index (χ3v) is 6.02. The molecule has 0 spiro atoms. The van der Waals surface area contributed by atoms with Crippen LogP contribution in [0.15, 0.2) is 14.6 Å². The predicted molar refractivity (Wildman–Crippen MR) is 104 cm³/mol. The molecule has 10 heteroatoms. The summed E-state index contributed by atoms with van der Waals surface area (Å²) in [5.41, 5.74) is 2.67. The lowest BCUT2D eigenvalue weighted by Crippen LogP contribution is -2.46. The van der Waals surface area contributed by atoms with Crippen molar-refractivity contribution in [3.63, 3.8) is 0 Å². The summed E-state index contributed by atoms with van der Waals surface area (Å²) in [6.45, 7) is 5.10. The van der Waals surface area contributed by atoms with Crippen molar-refractivity contribution < 1.29 is 14.4 Å². The molecule has 1 fully saturated rings. The number of hydrogen-bond acceptors (Lipinski definition) is 8. The predicted octanol–water partition coefficient (Wildman–Crippen LogP) is 3.87. The zero-order chi connectivity index (χ0) is 18.4. The lowest BCUT2D eigenvalue weighted by molar-refractivity contribution is -0.00533. The van der Waals surface area contributed by atoms with E-state index in [4.69, 9.17) is 20.9 Å². The average molecular weight is 460 g/mol. The Hall–Kier alpha value is -1.26. The minimum Gasteiger partial charge on any atom is -0.390 e. The normalized spacial score (nSPS) is 20.9. The molecule has 3 aromatic heterocycles. The molecule has 0 aliphatic carbocycles. The van der Waals surface area contributed by atoms with Gasteiger partial charge in [-0.3, -0.25) is 0 Å². The van der Waals surface area contributed by atoms with Gasteiger partial charge in [0.15, 0.2) is 9.61 Å². The van der Waals surface area contributed by atoms with Crippen LogP contribution in [0, 0.1) is 0 Å². The van der Waals surface area contributed by atoms with Crippen molar-refractivity contribution in [2.45, 2.75) is 32.7 Å². The van der Waals surface area contributed by atoms with Gasteiger partial charge in [-0.25, -0.2) is 9.97 Å². The molecule has 1 aliphatic heterocycles. The second-order valence-corrected chi connectivity index (χ2v) is 8.91. The molecule has 7 nitrogen and oxygen atoms in total. The SMILES string of the molecule is CC1CN(c2c(CO)nc3c(-c4cnc(Br)s4)noc3c2Cl)CC(C)O1. The Bertz CT molecular complexity index is 953. The zero-order valence-corrected chi connectivity index (χ0v) is 17.2. The summed E-state index contributed by atoms with van der Waals surface area (Å²) in [4.78, 5) is 11.7. The molecule has 2 unspecified atom stereocenters. The van der Waals surface area contributed by atoms with Gasteiger partial charge in [0, 0.05) is 19.3 Å². The number of anilines is 1. The first-order valence-corrected chi connectivity index (χ1v) is 10.1. The fraction of sp³-hybridized carbons (Fsp3) is 0.438. The standard InChI is InChI=1S/C16H16BrClN4O3S/c1-7-4-22(5-8(2)24-7)14-9(6-23)20-13-12(10-3-19-16(17)26-10)21-25-15(13)11(14)18/h3,7-8,23H,4-6H2,1-2H3. The van der Waals surface area contributed by atoms with E-state index in [9.17, 15) is 5.11 Å². The number of aliphatic hydroxyl groups is 1. The summed E-state index contributed by atoms with van der Waals surface area (Å²) >= 11 is 11.4. The van der Waals surface area contributed by atoms with Crippen molar-refractivity contribution in [3.8, 4) is 10.6 Å². The topological polar surface area (TPSA) is 84.5 Å². The monoisotopic (exact) mass is 458 g/mol. The molecule has 0 aromatic carbocycles. The fourth-order valence-corrected chi connectivity index (χ4v) is 4.87. The van der Waals surface area contributed by atoms with Gasteiger partial charge in [-0.1, -0.05) is 16.8 Å². The van der Waals surface area contributed by atoms with Crippen molar-refractivity contribution >= 4 is 55.7 Å². The van der Waals surface area contributed by atoms with Gasteiger partial charge in [0.1, 0.15) is 10.5 Å². The fourth-order valence-electron chi connectivity index (χ4n) is 3.27. The van der Waals surface area contributed by atoms with Gasteiger partial charge in [-0.05, 0) is 29.8 Å². The van der Waals surface area contributed by atoms with E-state index >= 15 is 0 Å². The number of morpholine rings is 1. The zero-order valence-electron chi connectivity index (χ0n) is 14.1. The molecule has 4 rings (SSSR count). The Morgan fingerprint density at radius 3 is 2.73 bits per heavy atom. The van der Waals surface area contributed by atoms with E-state index in [0.717, 1.165) is 8.79 Å². The molecular formula is C16H16BrClN4O3S. The molecule has 0 amide bonds. The highest BCUT2D eigenvalue weighted by Crippen LogP contribution is 2.41. The highest BCUT2D eigenvalue weighted by atomic mass is 79.9. The van der Waals surface area contributed by atoms with E-state index in [0.29, 0.717) is 46.3 Å². The van der Waals surface area contributed by atoms with Crippen LogP contribution in [0.4, 0.5) is 5.69 Å². The van der Waals surface area contributed by atoms with Crippen LogP contribution in [0.3, 0.4) is 0 Å². The van der Waals surface area contributed by atoms with Crippen LogP contribution in [-0.2, 0) is 11.3 Å². The van der Waals surface area contributed by atoms with Gasteiger partial charge in [0.25, 0.3) is 0 Å². The third-order valence-electron chi connectivity index (χ3n) is 4.19. The van der Waals surface area contributed by atoms with Crippen LogP contribution in [0.5, 0.6) is 0 Å². The Kier molecular flexibility index (Phi) is 4.91. The molecule has 0 saturated carbocycles. The molecule has 1 aliphatic rings. The second-order valence-electron chi connectivity index (χ2n) is 6.23. The minimum absolute atomic E-state index is 0.0527. The van der Waals surface area contributed by atoms with Gasteiger partial charge in [-0.15, -0.1) is 11.3 Å². The highest BCUT2D eigenvalue weighted by Gasteiger charge is 2.29. The quantitative estimate of drug-likeness (QED) is 0.636. The van der Waals surface area contributed by atoms with E-state index in [1.807, 2.05) is 13.8 Å². The van der Waals surface area contributed by atoms with Crippen LogP contribution in [0.1, 0.15) is 19.5 Å². The molecular weight excluding hydrogens is 444 g/mol. The summed E-state index contributed by atoms with van der Waals surface area (Å²) in [7, 11) is 0. The Morgan fingerprint density at radius 1 is 1.38 bits per heavy atom. The van der Waals surface area contributed by atoms with E-state index in [-0.39, 0.29) is 18.8 Å². The molecule has 26 heavy (non-hydrogen) atoms. The van der Waals surface area contributed by atoms with Crippen LogP contribution >= 0.6 is 38.9 Å². The maximum atomic E-state index is 9.92. The van der Waals surface area contributed by atoms with E-state index in [1.54, 1.807) is 6.20 Å². The first kappa shape index (κ1) is 18.1. The van der Waals surface area contributed by atoms with E-state index in [1.165, 1.54) is 11.3 Å². The first-order valence-electron chi connectivity index (χ1n) is 8.08. The Balaban J connectivity index is 1.86. The molecule has 1 N–H and O–H groups in total. The van der Waals surface area contributed by atoms with Crippen molar-refractivity contribution in [3.05, 3.63) is 20.8 Å². The van der Waals surface area contributed by atoms with Crippen LogP contribution < -0.4 is 4.90 Å². The molecule has 0 bridgehead atoms. The Labute approximate surface area is 167 Å². The largest absolute Gasteiger partial charge is 0.390 e.